The Morgan fingerprint density at radius 3 is 2.68 bits per heavy atom. The zero-order valence-corrected chi connectivity index (χ0v) is 11.5. The second-order valence-corrected chi connectivity index (χ2v) is 5.23. The molecule has 19 heavy (non-hydrogen) atoms. The molecule has 0 radical (unpaired) electrons. The van der Waals surface area contributed by atoms with Gasteiger partial charge in [-0.3, -0.25) is 0 Å². The maximum atomic E-state index is 12.8. The minimum Gasteiger partial charge on any atom is -0.387 e. The van der Waals surface area contributed by atoms with Crippen molar-refractivity contribution in [2.75, 3.05) is 6.54 Å². The monoisotopic (exact) mass is 280 g/mol. The molecule has 0 saturated heterocycles. The lowest BCUT2D eigenvalue weighted by molar-refractivity contribution is 0.169. The molecular weight excluding hydrogens is 263 g/mol. The normalized spacial score (nSPS) is 14.3. The topological polar surface area (TPSA) is 45.1 Å². The van der Waals surface area contributed by atoms with Crippen molar-refractivity contribution >= 4 is 11.3 Å². The fourth-order valence-electron chi connectivity index (χ4n) is 1.87. The Labute approximate surface area is 116 Å². The fraction of sp³-hybridized carbons (Fsp3) is 0.357. The Hall–Kier alpha value is -1.30. The van der Waals surface area contributed by atoms with Gasteiger partial charge in [0.15, 0.2) is 0 Å². The van der Waals surface area contributed by atoms with E-state index >= 15 is 0 Å². The molecule has 0 saturated carbocycles. The van der Waals surface area contributed by atoms with Crippen molar-refractivity contribution in [1.82, 2.24) is 10.3 Å². The van der Waals surface area contributed by atoms with Gasteiger partial charge in [0, 0.05) is 18.1 Å². The van der Waals surface area contributed by atoms with Crippen molar-refractivity contribution in [3.63, 3.8) is 0 Å². The molecule has 0 fully saturated rings. The van der Waals surface area contributed by atoms with Crippen molar-refractivity contribution in [3.8, 4) is 0 Å². The molecule has 1 heterocycles. The number of aliphatic hydroxyl groups excluding tert-OH is 1. The first-order valence-corrected chi connectivity index (χ1v) is 7.15. The molecule has 102 valence electrons. The summed E-state index contributed by atoms with van der Waals surface area (Å²) in [7, 11) is 0. The van der Waals surface area contributed by atoms with E-state index in [1.807, 2.05) is 5.38 Å². The van der Waals surface area contributed by atoms with Gasteiger partial charge < -0.3 is 10.4 Å². The Kier molecular flexibility index (Phi) is 5.01. The van der Waals surface area contributed by atoms with Crippen LogP contribution in [0.5, 0.6) is 0 Å². The molecule has 0 spiro atoms. The van der Waals surface area contributed by atoms with Gasteiger partial charge in [0.2, 0.25) is 0 Å². The lowest BCUT2D eigenvalue weighted by Gasteiger charge is -2.18. The van der Waals surface area contributed by atoms with Gasteiger partial charge in [0.05, 0.1) is 12.1 Å². The van der Waals surface area contributed by atoms with E-state index in [2.05, 4.69) is 17.2 Å². The first-order chi connectivity index (χ1) is 9.20. The van der Waals surface area contributed by atoms with Crippen molar-refractivity contribution in [3.05, 3.63) is 52.2 Å². The number of aromatic nitrogens is 1. The van der Waals surface area contributed by atoms with Crippen LogP contribution in [0.4, 0.5) is 4.39 Å². The van der Waals surface area contributed by atoms with Gasteiger partial charge >= 0.3 is 0 Å². The van der Waals surface area contributed by atoms with E-state index in [-0.39, 0.29) is 11.9 Å². The highest BCUT2D eigenvalue weighted by Gasteiger charge is 2.14. The molecule has 2 N–H and O–H groups in total. The van der Waals surface area contributed by atoms with E-state index in [9.17, 15) is 9.50 Å². The molecule has 0 amide bonds. The van der Waals surface area contributed by atoms with E-state index in [1.54, 1.807) is 29.7 Å². The van der Waals surface area contributed by atoms with Crippen LogP contribution in [0.15, 0.2) is 35.8 Å². The molecule has 0 aliphatic carbocycles. The second kappa shape index (κ2) is 6.75. The maximum absolute atomic E-state index is 12.8. The lowest BCUT2D eigenvalue weighted by Crippen LogP contribution is -2.26. The number of benzene rings is 1. The zero-order valence-electron chi connectivity index (χ0n) is 10.7. The number of aliphatic hydroxyl groups is 1. The smallest absolute Gasteiger partial charge is 0.123 e. The highest BCUT2D eigenvalue weighted by molar-refractivity contribution is 7.09. The van der Waals surface area contributed by atoms with Gasteiger partial charge in [0.1, 0.15) is 10.8 Å². The second-order valence-electron chi connectivity index (χ2n) is 4.31. The van der Waals surface area contributed by atoms with Crippen molar-refractivity contribution < 1.29 is 9.50 Å². The Bertz CT molecular complexity index is 487. The van der Waals surface area contributed by atoms with Gasteiger partial charge in [-0.1, -0.05) is 19.1 Å². The molecule has 1 aromatic carbocycles. The quantitative estimate of drug-likeness (QED) is 0.855. The summed E-state index contributed by atoms with van der Waals surface area (Å²) in [6.07, 6.45) is 2.04. The van der Waals surface area contributed by atoms with E-state index in [0.29, 0.717) is 12.1 Å². The first-order valence-electron chi connectivity index (χ1n) is 6.27. The number of nitrogens with one attached hydrogen (secondary N) is 1. The average molecular weight is 280 g/mol. The van der Waals surface area contributed by atoms with Crippen molar-refractivity contribution in [1.29, 1.82) is 0 Å². The van der Waals surface area contributed by atoms with Gasteiger partial charge in [0.25, 0.3) is 0 Å². The van der Waals surface area contributed by atoms with Crippen LogP contribution < -0.4 is 5.32 Å². The minimum absolute atomic E-state index is 0.148. The van der Waals surface area contributed by atoms with E-state index in [1.165, 1.54) is 12.1 Å². The van der Waals surface area contributed by atoms with E-state index in [4.69, 9.17) is 0 Å². The minimum atomic E-state index is -0.644. The Balaban J connectivity index is 1.92. The van der Waals surface area contributed by atoms with Crippen LogP contribution in [0.3, 0.4) is 0 Å². The number of halogens is 1. The van der Waals surface area contributed by atoms with Crippen LogP contribution in [0.25, 0.3) is 0 Å². The molecule has 1 aromatic heterocycles. The average Bonchev–Trinajstić information content (AvgIpc) is 2.94. The van der Waals surface area contributed by atoms with E-state index < -0.39 is 6.10 Å². The zero-order chi connectivity index (χ0) is 13.7. The van der Waals surface area contributed by atoms with Crippen LogP contribution in [0.2, 0.25) is 0 Å². The summed E-state index contributed by atoms with van der Waals surface area (Å²) in [5.41, 5.74) is 0.711. The summed E-state index contributed by atoms with van der Waals surface area (Å²) in [6.45, 7) is 2.49. The van der Waals surface area contributed by atoms with Gasteiger partial charge in [-0.25, -0.2) is 9.37 Å². The third kappa shape index (κ3) is 3.83. The number of hydrogen-bond donors (Lipinski definition) is 2. The highest BCUT2D eigenvalue weighted by Crippen LogP contribution is 2.20. The molecule has 2 atom stereocenters. The number of rotatable bonds is 6. The standard InChI is InChI=1S/C14H17FN2OS/c1-2-12(14-16-7-8-19-14)17-9-13(18)10-3-5-11(15)6-4-10/h3-8,12-13,17-18H,2,9H2,1H3. The molecule has 2 unspecified atom stereocenters. The third-order valence-corrected chi connectivity index (χ3v) is 3.86. The largest absolute Gasteiger partial charge is 0.387 e. The van der Waals surface area contributed by atoms with Gasteiger partial charge in [-0.2, -0.15) is 0 Å². The van der Waals surface area contributed by atoms with Crippen LogP contribution in [-0.2, 0) is 0 Å². The molecule has 5 heteroatoms. The predicted octanol–water partition coefficient (Wildman–Crippen LogP) is 3.06. The molecule has 2 aromatic rings. The van der Waals surface area contributed by atoms with E-state index in [0.717, 1.165) is 11.4 Å². The Morgan fingerprint density at radius 1 is 1.37 bits per heavy atom. The molecule has 3 nitrogen and oxygen atoms in total. The SMILES string of the molecule is CCC(NCC(O)c1ccc(F)cc1)c1nccs1. The number of thiazole rings is 1. The summed E-state index contributed by atoms with van der Waals surface area (Å²) >= 11 is 1.60. The summed E-state index contributed by atoms with van der Waals surface area (Å²) in [4.78, 5) is 4.27. The molecule has 2 rings (SSSR count). The third-order valence-electron chi connectivity index (χ3n) is 2.97. The van der Waals surface area contributed by atoms with Crippen molar-refractivity contribution in [2.24, 2.45) is 0 Å². The summed E-state index contributed by atoms with van der Waals surface area (Å²) < 4.78 is 12.8. The molecule has 0 bridgehead atoms. The number of nitrogens with zero attached hydrogens (tertiary/aromatic N) is 1. The maximum Gasteiger partial charge on any atom is 0.123 e. The highest BCUT2D eigenvalue weighted by atomic mass is 32.1. The molecule has 0 aliphatic heterocycles. The van der Waals surface area contributed by atoms with Gasteiger partial charge in [-0.05, 0) is 24.1 Å². The Morgan fingerprint density at radius 2 is 2.11 bits per heavy atom. The summed E-state index contributed by atoms with van der Waals surface area (Å²) in [5, 5.41) is 16.3. The predicted molar refractivity (Wildman–Crippen MR) is 74.5 cm³/mol. The number of hydrogen-bond acceptors (Lipinski definition) is 4. The van der Waals surface area contributed by atoms with Crippen LogP contribution >= 0.6 is 11.3 Å². The molecule has 0 aliphatic rings. The summed E-state index contributed by atoms with van der Waals surface area (Å²) in [6, 6.07) is 6.07. The molecular formula is C14H17FN2OS. The van der Waals surface area contributed by atoms with Gasteiger partial charge in [-0.15, -0.1) is 11.3 Å². The fourth-order valence-corrected chi connectivity index (χ4v) is 2.67. The first kappa shape index (κ1) is 14.1. The van der Waals surface area contributed by atoms with Crippen LogP contribution in [0, 0.1) is 5.82 Å². The van der Waals surface area contributed by atoms with Crippen molar-refractivity contribution in [2.45, 2.75) is 25.5 Å². The summed E-state index contributed by atoms with van der Waals surface area (Å²) in [5.74, 6) is -0.293. The van der Waals surface area contributed by atoms with Crippen LogP contribution in [-0.4, -0.2) is 16.6 Å². The van der Waals surface area contributed by atoms with Crippen LogP contribution in [0.1, 0.15) is 36.1 Å². The lowest BCUT2D eigenvalue weighted by atomic mass is 10.1.